The zero-order valence-corrected chi connectivity index (χ0v) is 15.7. The molecule has 1 amide bonds. The van der Waals surface area contributed by atoms with Crippen LogP contribution in [0.1, 0.15) is 42.1 Å². The van der Waals surface area contributed by atoms with Gasteiger partial charge in [-0.3, -0.25) is 10.1 Å². The van der Waals surface area contributed by atoms with E-state index in [-0.39, 0.29) is 18.0 Å². The van der Waals surface area contributed by atoms with E-state index in [0.29, 0.717) is 5.02 Å². The predicted octanol–water partition coefficient (Wildman–Crippen LogP) is 4.94. The van der Waals surface area contributed by atoms with Crippen LogP contribution in [0, 0.1) is 20.8 Å². The molecular weight excluding hydrogens is 320 g/mol. The van der Waals surface area contributed by atoms with Crippen molar-refractivity contribution in [3.05, 3.63) is 63.7 Å². The first-order chi connectivity index (χ1) is 11.3. The molecule has 0 spiro atoms. The van der Waals surface area contributed by atoms with Crippen molar-refractivity contribution in [3.63, 3.8) is 0 Å². The summed E-state index contributed by atoms with van der Waals surface area (Å²) in [5.74, 6) is -0.0362. The van der Waals surface area contributed by atoms with Crippen molar-refractivity contribution in [2.75, 3.05) is 5.32 Å². The topological polar surface area (TPSA) is 41.1 Å². The van der Waals surface area contributed by atoms with Crippen LogP contribution in [0.5, 0.6) is 0 Å². The molecule has 0 aromatic heterocycles. The number of hydrogen-bond acceptors (Lipinski definition) is 2. The molecule has 0 radical (unpaired) electrons. The lowest BCUT2D eigenvalue weighted by molar-refractivity contribution is -0.117. The average molecular weight is 345 g/mol. The van der Waals surface area contributed by atoms with Gasteiger partial charge in [0.1, 0.15) is 0 Å². The van der Waals surface area contributed by atoms with Crippen molar-refractivity contribution < 1.29 is 4.79 Å². The van der Waals surface area contributed by atoms with E-state index in [0.717, 1.165) is 22.4 Å². The maximum absolute atomic E-state index is 12.5. The van der Waals surface area contributed by atoms with E-state index in [9.17, 15) is 4.79 Å². The van der Waals surface area contributed by atoms with E-state index >= 15 is 0 Å². The summed E-state index contributed by atoms with van der Waals surface area (Å²) < 4.78 is 0. The molecule has 4 heteroatoms. The number of carbonyl (C=O) groups excluding carboxylic acids is 1. The zero-order chi connectivity index (χ0) is 17.9. The first kappa shape index (κ1) is 18.5. The highest BCUT2D eigenvalue weighted by atomic mass is 35.5. The van der Waals surface area contributed by atoms with Crippen molar-refractivity contribution in [1.82, 2.24) is 5.32 Å². The third-order valence-corrected chi connectivity index (χ3v) is 4.44. The Labute approximate surface area is 149 Å². The van der Waals surface area contributed by atoms with Crippen LogP contribution < -0.4 is 10.6 Å². The van der Waals surface area contributed by atoms with Crippen LogP contribution in [0.3, 0.4) is 0 Å². The SMILES string of the molecule is Cc1cc(C)c(NC(=O)[C@H](C)N[C@@H](C)c2ccc(Cl)cc2)c(C)c1. The fourth-order valence-corrected chi connectivity index (χ4v) is 3.03. The number of anilines is 1. The molecule has 0 heterocycles. The Morgan fingerprint density at radius 1 is 1.00 bits per heavy atom. The van der Waals surface area contributed by atoms with Gasteiger partial charge >= 0.3 is 0 Å². The molecule has 0 saturated carbocycles. The predicted molar refractivity (Wildman–Crippen MR) is 102 cm³/mol. The van der Waals surface area contributed by atoms with Crippen LogP contribution in [0.4, 0.5) is 5.69 Å². The van der Waals surface area contributed by atoms with E-state index in [1.54, 1.807) is 0 Å². The standard InChI is InChI=1S/C20H25ClN2O/c1-12-10-13(2)19(14(3)11-12)23-20(24)16(5)22-15(4)17-6-8-18(21)9-7-17/h6-11,15-16,22H,1-5H3,(H,23,24)/t15-,16-/m0/s1. The lowest BCUT2D eigenvalue weighted by Gasteiger charge is -2.21. The molecule has 2 aromatic rings. The largest absolute Gasteiger partial charge is 0.324 e. The molecule has 0 aliphatic rings. The van der Waals surface area contributed by atoms with Crippen molar-refractivity contribution in [2.45, 2.75) is 46.7 Å². The summed E-state index contributed by atoms with van der Waals surface area (Å²) in [7, 11) is 0. The maximum Gasteiger partial charge on any atom is 0.241 e. The van der Waals surface area contributed by atoms with Crippen LogP contribution in [0.15, 0.2) is 36.4 Å². The highest BCUT2D eigenvalue weighted by molar-refractivity contribution is 6.30. The van der Waals surface area contributed by atoms with Crippen molar-refractivity contribution >= 4 is 23.2 Å². The van der Waals surface area contributed by atoms with E-state index < -0.39 is 0 Å². The molecule has 0 bridgehead atoms. The molecule has 0 saturated heterocycles. The van der Waals surface area contributed by atoms with Crippen LogP contribution >= 0.6 is 11.6 Å². The second-order valence-corrected chi connectivity index (χ2v) is 6.86. The van der Waals surface area contributed by atoms with Gasteiger partial charge in [0.2, 0.25) is 5.91 Å². The Kier molecular flexibility index (Phi) is 6.03. The van der Waals surface area contributed by atoms with Gasteiger partial charge in [0, 0.05) is 16.8 Å². The van der Waals surface area contributed by atoms with E-state index in [1.807, 2.05) is 52.0 Å². The fraction of sp³-hybridized carbons (Fsp3) is 0.350. The van der Waals surface area contributed by atoms with Crippen molar-refractivity contribution in [2.24, 2.45) is 0 Å². The number of carbonyl (C=O) groups is 1. The molecule has 0 aliphatic heterocycles. The molecule has 0 unspecified atom stereocenters. The Morgan fingerprint density at radius 3 is 2.08 bits per heavy atom. The molecule has 3 nitrogen and oxygen atoms in total. The van der Waals surface area contributed by atoms with Gasteiger partial charge in [0.05, 0.1) is 6.04 Å². The lowest BCUT2D eigenvalue weighted by atomic mass is 10.0. The number of hydrogen-bond donors (Lipinski definition) is 2. The van der Waals surface area contributed by atoms with E-state index in [2.05, 4.69) is 29.7 Å². The monoisotopic (exact) mass is 344 g/mol. The second kappa shape index (κ2) is 7.82. The summed E-state index contributed by atoms with van der Waals surface area (Å²) in [6, 6.07) is 11.6. The third kappa shape index (κ3) is 4.59. The Bertz CT molecular complexity index is 702. The minimum Gasteiger partial charge on any atom is -0.324 e. The molecule has 2 aromatic carbocycles. The number of halogens is 1. The minimum atomic E-state index is -0.309. The summed E-state index contributed by atoms with van der Waals surface area (Å²) in [6.07, 6.45) is 0. The Balaban J connectivity index is 2.03. The van der Waals surface area contributed by atoms with E-state index in [4.69, 9.17) is 11.6 Å². The average Bonchev–Trinajstić information content (AvgIpc) is 2.51. The second-order valence-electron chi connectivity index (χ2n) is 6.42. The molecule has 24 heavy (non-hydrogen) atoms. The van der Waals surface area contributed by atoms with Gasteiger partial charge < -0.3 is 5.32 Å². The number of nitrogens with one attached hydrogen (secondary N) is 2. The van der Waals surface area contributed by atoms with Gasteiger partial charge in [-0.15, -0.1) is 0 Å². The summed E-state index contributed by atoms with van der Waals surface area (Å²) in [4.78, 5) is 12.5. The van der Waals surface area contributed by atoms with Crippen molar-refractivity contribution in [3.8, 4) is 0 Å². The Hall–Kier alpha value is -1.84. The maximum atomic E-state index is 12.5. The van der Waals surface area contributed by atoms with Gasteiger partial charge in [-0.25, -0.2) is 0 Å². The van der Waals surface area contributed by atoms with Gasteiger partial charge in [-0.1, -0.05) is 41.4 Å². The van der Waals surface area contributed by atoms with Crippen LogP contribution in [0.25, 0.3) is 0 Å². The molecule has 2 N–H and O–H groups in total. The third-order valence-electron chi connectivity index (χ3n) is 4.19. The normalized spacial score (nSPS) is 13.4. The molecule has 0 fully saturated rings. The molecule has 2 atom stereocenters. The summed E-state index contributed by atoms with van der Waals surface area (Å²) in [5.41, 5.74) is 5.36. The number of amides is 1. The zero-order valence-electron chi connectivity index (χ0n) is 14.9. The smallest absolute Gasteiger partial charge is 0.241 e. The Morgan fingerprint density at radius 2 is 1.54 bits per heavy atom. The quantitative estimate of drug-likeness (QED) is 0.806. The lowest BCUT2D eigenvalue weighted by Crippen LogP contribution is -2.39. The highest BCUT2D eigenvalue weighted by Gasteiger charge is 2.18. The van der Waals surface area contributed by atoms with Gasteiger partial charge in [0.15, 0.2) is 0 Å². The van der Waals surface area contributed by atoms with Gasteiger partial charge in [0.25, 0.3) is 0 Å². The van der Waals surface area contributed by atoms with Crippen molar-refractivity contribution in [1.29, 1.82) is 0 Å². The molecule has 2 rings (SSSR count). The highest BCUT2D eigenvalue weighted by Crippen LogP contribution is 2.22. The number of aryl methyl sites for hydroxylation is 3. The molecule has 0 aliphatic carbocycles. The number of rotatable bonds is 5. The number of benzene rings is 2. The van der Waals surface area contributed by atoms with Gasteiger partial charge in [-0.2, -0.15) is 0 Å². The summed E-state index contributed by atoms with van der Waals surface area (Å²) >= 11 is 5.92. The van der Waals surface area contributed by atoms with E-state index in [1.165, 1.54) is 5.56 Å². The van der Waals surface area contributed by atoms with Crippen LogP contribution in [-0.2, 0) is 4.79 Å². The van der Waals surface area contributed by atoms with Crippen LogP contribution in [-0.4, -0.2) is 11.9 Å². The fourth-order valence-electron chi connectivity index (χ4n) is 2.91. The van der Waals surface area contributed by atoms with Crippen LogP contribution in [0.2, 0.25) is 5.02 Å². The summed E-state index contributed by atoms with van der Waals surface area (Å²) in [5, 5.41) is 7.09. The first-order valence-electron chi connectivity index (χ1n) is 8.18. The minimum absolute atomic E-state index is 0.0362. The molecular formula is C20H25ClN2O. The summed E-state index contributed by atoms with van der Waals surface area (Å²) in [6.45, 7) is 10.0. The first-order valence-corrected chi connectivity index (χ1v) is 8.56. The van der Waals surface area contributed by atoms with Gasteiger partial charge in [-0.05, 0) is 63.4 Å². The molecule has 128 valence electrons.